The molecule has 0 aliphatic carbocycles. The van der Waals surface area contributed by atoms with Crippen molar-refractivity contribution in [2.45, 2.75) is 0 Å². The zero-order valence-corrected chi connectivity index (χ0v) is 26.7. The fraction of sp³-hybridized carbons (Fsp3) is 0. The van der Waals surface area contributed by atoms with Crippen LogP contribution in [0.25, 0.3) is 91.3 Å². The Morgan fingerprint density at radius 1 is 0.420 bits per heavy atom. The summed E-state index contributed by atoms with van der Waals surface area (Å²) in [4.78, 5) is 32.3. The van der Waals surface area contributed by atoms with Gasteiger partial charge in [0.1, 0.15) is 0 Å². The van der Waals surface area contributed by atoms with Gasteiger partial charge in [0.15, 0.2) is 0 Å². The number of fused-ring (bicyclic) bond motifs is 8. The Morgan fingerprint density at radius 3 is 1.16 bits per heavy atom. The minimum atomic E-state index is 0.786. The van der Waals surface area contributed by atoms with E-state index in [-0.39, 0.29) is 0 Å². The molecule has 0 fully saturated rings. The summed E-state index contributed by atoms with van der Waals surface area (Å²) in [7, 11) is 0. The van der Waals surface area contributed by atoms with E-state index in [0.29, 0.717) is 0 Å². The minimum Gasteiger partial charge on any atom is -0.354 e. The van der Waals surface area contributed by atoms with Crippen LogP contribution in [0.15, 0.2) is 122 Å². The van der Waals surface area contributed by atoms with E-state index in [9.17, 15) is 0 Å². The third-order valence-electron chi connectivity index (χ3n) is 8.86. The van der Waals surface area contributed by atoms with Crippen LogP contribution in [0.1, 0.15) is 28.3 Å². The maximum Gasteiger partial charge on any atom is 0.0753 e. The third-order valence-corrected chi connectivity index (χ3v) is 8.86. The van der Waals surface area contributed by atoms with Crippen LogP contribution in [-0.2, 0) is 0 Å². The first-order chi connectivity index (χ1) is 24.7. The first-order valence-electron chi connectivity index (χ1n) is 16.2. The van der Waals surface area contributed by atoms with Crippen LogP contribution in [-0.4, -0.2) is 34.9 Å². The van der Waals surface area contributed by atoms with Gasteiger partial charge in [-0.05, 0) is 103 Å². The highest BCUT2D eigenvalue weighted by atomic mass is 14.8. The molecule has 2 N–H and O–H groups in total. The zero-order chi connectivity index (χ0) is 33.4. The molecule has 0 atom stereocenters. The van der Waals surface area contributed by atoms with Crippen LogP contribution in [0, 0.1) is 12.3 Å². The van der Waals surface area contributed by atoms with E-state index in [4.69, 9.17) is 31.3 Å². The Balaban J connectivity index is 1.47. The van der Waals surface area contributed by atoms with Crippen LogP contribution in [0.4, 0.5) is 0 Å². The first kappa shape index (κ1) is 29.0. The van der Waals surface area contributed by atoms with Crippen molar-refractivity contribution < 1.29 is 0 Å². The SMILES string of the molecule is C#Cc1ccc(-c2c3nc(c(-c4ccccn4)c4ccc([nH]4)c(-c4ccccn4)c4nc(c(-c5ccccn5)c5ccc2[nH]5)C=C4)C=C3)cc1. The Labute approximate surface area is 287 Å². The average molecular weight is 642 g/mol. The number of aromatic amines is 2. The lowest BCUT2D eigenvalue weighted by atomic mass is 10.0. The number of rotatable bonds is 4. The lowest BCUT2D eigenvalue weighted by molar-refractivity contribution is 1.26. The molecule has 0 saturated carbocycles. The Kier molecular flexibility index (Phi) is 7.04. The van der Waals surface area contributed by atoms with Gasteiger partial charge in [0, 0.05) is 51.9 Å². The van der Waals surface area contributed by atoms with Crippen LogP contribution < -0.4 is 0 Å². The van der Waals surface area contributed by atoms with Gasteiger partial charge < -0.3 is 9.97 Å². The molecule has 8 heterocycles. The molecule has 50 heavy (non-hydrogen) atoms. The minimum absolute atomic E-state index is 0.786. The summed E-state index contributed by atoms with van der Waals surface area (Å²) in [5.74, 6) is 2.73. The summed E-state index contributed by atoms with van der Waals surface area (Å²) in [6.45, 7) is 0. The topological polar surface area (TPSA) is 96.0 Å². The van der Waals surface area contributed by atoms with Gasteiger partial charge in [-0.1, -0.05) is 36.3 Å². The zero-order valence-electron chi connectivity index (χ0n) is 26.7. The van der Waals surface area contributed by atoms with Gasteiger partial charge in [-0.3, -0.25) is 15.0 Å². The molecule has 234 valence electrons. The molecule has 6 aromatic heterocycles. The first-order valence-corrected chi connectivity index (χ1v) is 16.2. The van der Waals surface area contributed by atoms with Crippen LogP contribution in [0.5, 0.6) is 0 Å². The highest BCUT2D eigenvalue weighted by Crippen LogP contribution is 2.37. The van der Waals surface area contributed by atoms with Crippen molar-refractivity contribution in [3.63, 3.8) is 0 Å². The Bertz CT molecular complexity index is 2640. The molecule has 9 rings (SSSR count). The lowest BCUT2D eigenvalue weighted by Gasteiger charge is -2.06. The largest absolute Gasteiger partial charge is 0.354 e. The number of hydrogen-bond acceptors (Lipinski definition) is 5. The summed E-state index contributed by atoms with van der Waals surface area (Å²) >= 11 is 0. The summed E-state index contributed by atoms with van der Waals surface area (Å²) in [6.07, 6.45) is 19.3. The fourth-order valence-electron chi connectivity index (χ4n) is 6.58. The molecule has 8 bridgehead atoms. The summed E-state index contributed by atoms with van der Waals surface area (Å²) in [6, 6.07) is 34.0. The second-order valence-electron chi connectivity index (χ2n) is 11.9. The second-order valence-corrected chi connectivity index (χ2v) is 11.9. The van der Waals surface area contributed by atoms with E-state index in [1.54, 1.807) is 18.6 Å². The molecule has 0 saturated heterocycles. The lowest BCUT2D eigenvalue weighted by Crippen LogP contribution is -1.91. The number of terminal acetylenes is 1. The van der Waals surface area contributed by atoms with E-state index in [2.05, 4.69) is 52.3 Å². The van der Waals surface area contributed by atoms with Gasteiger partial charge in [0.25, 0.3) is 0 Å². The molecule has 0 unspecified atom stereocenters. The highest BCUT2D eigenvalue weighted by Gasteiger charge is 2.19. The Hall–Kier alpha value is -7.17. The maximum atomic E-state index is 5.72. The predicted molar refractivity (Wildman–Crippen MR) is 202 cm³/mol. The molecular formula is C43H27N7. The van der Waals surface area contributed by atoms with E-state index in [0.717, 1.165) is 95.3 Å². The van der Waals surface area contributed by atoms with Gasteiger partial charge >= 0.3 is 0 Å². The quantitative estimate of drug-likeness (QED) is 0.187. The van der Waals surface area contributed by atoms with Gasteiger partial charge in [-0.2, -0.15) is 0 Å². The van der Waals surface area contributed by atoms with Gasteiger partial charge in [0.2, 0.25) is 0 Å². The molecule has 7 aromatic rings. The van der Waals surface area contributed by atoms with Crippen molar-refractivity contribution in [3.8, 4) is 57.2 Å². The van der Waals surface area contributed by atoms with Crippen molar-refractivity contribution in [2.24, 2.45) is 0 Å². The number of benzene rings is 1. The molecule has 1 aromatic carbocycles. The number of nitrogens with zero attached hydrogens (tertiary/aromatic N) is 5. The van der Waals surface area contributed by atoms with Gasteiger partial charge in [0.05, 0.1) is 56.4 Å². The molecule has 0 amide bonds. The van der Waals surface area contributed by atoms with Crippen molar-refractivity contribution in [3.05, 3.63) is 150 Å². The van der Waals surface area contributed by atoms with Crippen molar-refractivity contribution in [2.75, 3.05) is 0 Å². The van der Waals surface area contributed by atoms with Crippen molar-refractivity contribution in [1.82, 2.24) is 34.9 Å². The monoisotopic (exact) mass is 641 g/mol. The van der Waals surface area contributed by atoms with Gasteiger partial charge in [-0.25, -0.2) is 9.97 Å². The number of nitrogens with one attached hydrogen (secondary N) is 2. The number of aromatic nitrogens is 7. The van der Waals surface area contributed by atoms with Crippen LogP contribution >= 0.6 is 0 Å². The molecular weight excluding hydrogens is 615 g/mol. The molecule has 2 aliphatic rings. The number of pyridine rings is 3. The summed E-state index contributed by atoms with van der Waals surface area (Å²) < 4.78 is 0. The number of H-pyrrole nitrogens is 2. The van der Waals surface area contributed by atoms with Gasteiger partial charge in [-0.15, -0.1) is 6.42 Å². The summed E-state index contributed by atoms with van der Waals surface area (Å²) in [5, 5.41) is 0. The Morgan fingerprint density at radius 2 is 0.800 bits per heavy atom. The summed E-state index contributed by atoms with van der Waals surface area (Å²) in [5.41, 5.74) is 14.5. The van der Waals surface area contributed by atoms with Crippen molar-refractivity contribution in [1.29, 1.82) is 0 Å². The molecule has 0 radical (unpaired) electrons. The van der Waals surface area contributed by atoms with Crippen molar-refractivity contribution >= 4 is 46.4 Å². The highest BCUT2D eigenvalue weighted by molar-refractivity contribution is 5.98. The molecule has 2 aliphatic heterocycles. The maximum absolute atomic E-state index is 5.72. The number of hydrogen-bond donors (Lipinski definition) is 2. The van der Waals surface area contributed by atoms with E-state index in [1.807, 2.05) is 91.0 Å². The fourth-order valence-corrected chi connectivity index (χ4v) is 6.58. The average Bonchev–Trinajstić information content (AvgIpc) is 4.01. The van der Waals surface area contributed by atoms with E-state index >= 15 is 0 Å². The standard InChI is InChI=1S/C43H27N7/c1-2-27-12-14-28(15-13-27)40-32-16-18-34(47-32)41(29-9-3-6-24-44-29)36-20-22-38(49-36)43(31-11-5-8-26-46-31)39-23-21-37(50-39)42(30-10-4-7-25-45-30)35-19-17-33(40)48-35/h1,3-26,47,50H. The molecule has 0 spiro atoms. The smallest absolute Gasteiger partial charge is 0.0753 e. The third kappa shape index (κ3) is 5.09. The molecule has 7 heteroatoms. The van der Waals surface area contributed by atoms with Crippen LogP contribution in [0.2, 0.25) is 0 Å². The van der Waals surface area contributed by atoms with Crippen LogP contribution in [0.3, 0.4) is 0 Å². The van der Waals surface area contributed by atoms with E-state index < -0.39 is 0 Å². The second kappa shape index (κ2) is 12.1. The normalized spacial score (nSPS) is 11.8. The van der Waals surface area contributed by atoms with E-state index in [1.165, 1.54) is 0 Å². The molecule has 7 nitrogen and oxygen atoms in total. The predicted octanol–water partition coefficient (Wildman–Crippen LogP) is 9.49.